The van der Waals surface area contributed by atoms with Gasteiger partial charge >= 0.3 is 5.97 Å². The number of nitrogens with zero attached hydrogens (tertiary/aromatic N) is 1. The molecule has 3 nitrogen and oxygen atoms in total. The third-order valence-corrected chi connectivity index (χ3v) is 1.70. The first-order valence-corrected chi connectivity index (χ1v) is 4.16. The van der Waals surface area contributed by atoms with Gasteiger partial charge in [0.1, 0.15) is 0 Å². The van der Waals surface area contributed by atoms with Gasteiger partial charge in [-0.15, -0.1) is 0 Å². The minimum atomic E-state index is -0.262. The van der Waals surface area contributed by atoms with Crippen LogP contribution in [0.1, 0.15) is 20.8 Å². The molecule has 0 fully saturated rings. The molecule has 0 amide bonds. The Balaban J connectivity index is 4.21. The van der Waals surface area contributed by atoms with Crippen LogP contribution in [-0.4, -0.2) is 31.1 Å². The molecule has 0 unspecified atom stereocenters. The molecule has 0 bridgehead atoms. The van der Waals surface area contributed by atoms with Gasteiger partial charge in [0.2, 0.25) is 0 Å². The first-order chi connectivity index (χ1) is 5.65. The summed E-state index contributed by atoms with van der Waals surface area (Å²) in [6.45, 7) is 7.66. The van der Waals surface area contributed by atoms with Crippen molar-refractivity contribution in [1.29, 1.82) is 0 Å². The number of hydrogen-bond acceptors (Lipinski definition) is 3. The molecule has 0 spiro atoms. The van der Waals surface area contributed by atoms with Crippen LogP contribution in [0.15, 0.2) is 11.8 Å². The van der Waals surface area contributed by atoms with E-state index in [0.717, 1.165) is 13.1 Å². The molecule has 0 aromatic rings. The van der Waals surface area contributed by atoms with Crippen molar-refractivity contribution in [3.8, 4) is 0 Å². The summed E-state index contributed by atoms with van der Waals surface area (Å²) in [5, 5.41) is 0. The summed E-state index contributed by atoms with van der Waals surface area (Å²) in [6.07, 6.45) is 1.83. The van der Waals surface area contributed by atoms with Crippen LogP contribution in [0.4, 0.5) is 0 Å². The lowest BCUT2D eigenvalue weighted by molar-refractivity contribution is -0.136. The van der Waals surface area contributed by atoms with Crippen LogP contribution in [0.3, 0.4) is 0 Å². The van der Waals surface area contributed by atoms with E-state index < -0.39 is 0 Å². The van der Waals surface area contributed by atoms with Crippen LogP contribution in [0, 0.1) is 0 Å². The van der Waals surface area contributed by atoms with E-state index >= 15 is 0 Å². The van der Waals surface area contributed by atoms with Gasteiger partial charge in [0, 0.05) is 24.9 Å². The number of carbonyl (C=O) groups excluding carboxylic acids is 1. The molecule has 0 aromatic carbocycles. The quantitative estimate of drug-likeness (QED) is 0.473. The molecule has 0 heterocycles. The van der Waals surface area contributed by atoms with Crippen molar-refractivity contribution in [3.63, 3.8) is 0 Å². The van der Waals surface area contributed by atoms with E-state index in [4.69, 9.17) is 0 Å². The lowest BCUT2D eigenvalue weighted by Gasteiger charge is -2.15. The molecule has 0 aliphatic rings. The maximum absolute atomic E-state index is 11.0. The van der Waals surface area contributed by atoms with Gasteiger partial charge < -0.3 is 9.64 Å². The van der Waals surface area contributed by atoms with Gasteiger partial charge in [-0.05, 0) is 20.8 Å². The van der Waals surface area contributed by atoms with E-state index in [-0.39, 0.29) is 5.97 Å². The average Bonchev–Trinajstić information content (AvgIpc) is 2.12. The fraction of sp³-hybridized carbons (Fsp3) is 0.667. The SMILES string of the molecule is CCN(C=C(C)C(=O)OC)CC. The van der Waals surface area contributed by atoms with Crippen molar-refractivity contribution >= 4 is 5.97 Å². The van der Waals surface area contributed by atoms with Gasteiger partial charge in [0.15, 0.2) is 0 Å². The molecule has 0 saturated carbocycles. The Morgan fingerprint density at radius 2 is 1.92 bits per heavy atom. The summed E-state index contributed by atoms with van der Waals surface area (Å²) in [6, 6.07) is 0. The molecule has 3 heteroatoms. The Kier molecular flexibility index (Phi) is 5.17. The van der Waals surface area contributed by atoms with E-state index in [0.29, 0.717) is 5.57 Å². The molecule has 0 N–H and O–H groups in total. The zero-order chi connectivity index (χ0) is 9.56. The molecule has 0 saturated heterocycles. The molecule has 0 radical (unpaired) electrons. The minimum absolute atomic E-state index is 0.262. The monoisotopic (exact) mass is 171 g/mol. The van der Waals surface area contributed by atoms with Gasteiger partial charge in [-0.2, -0.15) is 0 Å². The predicted molar refractivity (Wildman–Crippen MR) is 48.7 cm³/mol. The summed E-state index contributed by atoms with van der Waals surface area (Å²) >= 11 is 0. The van der Waals surface area contributed by atoms with E-state index in [1.54, 1.807) is 6.92 Å². The average molecular weight is 171 g/mol. The molecular weight excluding hydrogens is 154 g/mol. The van der Waals surface area contributed by atoms with E-state index in [2.05, 4.69) is 4.74 Å². The molecule has 0 atom stereocenters. The summed E-state index contributed by atoms with van der Waals surface area (Å²) in [4.78, 5) is 13.0. The van der Waals surface area contributed by atoms with Gasteiger partial charge in [-0.3, -0.25) is 0 Å². The van der Waals surface area contributed by atoms with Gasteiger partial charge in [-0.25, -0.2) is 4.79 Å². The fourth-order valence-electron chi connectivity index (χ4n) is 0.894. The van der Waals surface area contributed by atoms with E-state index in [1.165, 1.54) is 7.11 Å². The second-order valence-electron chi connectivity index (χ2n) is 2.52. The smallest absolute Gasteiger partial charge is 0.334 e. The number of rotatable bonds is 4. The normalized spacial score (nSPS) is 11.2. The third kappa shape index (κ3) is 3.42. The summed E-state index contributed by atoms with van der Waals surface area (Å²) in [5.41, 5.74) is 0.640. The number of carbonyl (C=O) groups is 1. The lowest BCUT2D eigenvalue weighted by atomic mass is 10.3. The maximum Gasteiger partial charge on any atom is 0.334 e. The predicted octanol–water partition coefficient (Wildman–Crippen LogP) is 1.41. The largest absolute Gasteiger partial charge is 0.466 e. The van der Waals surface area contributed by atoms with Crippen molar-refractivity contribution < 1.29 is 9.53 Å². The standard InChI is InChI=1S/C9H17NO2/c1-5-10(6-2)7-8(3)9(11)12-4/h7H,5-6H2,1-4H3. The van der Waals surface area contributed by atoms with Crippen LogP contribution in [0.2, 0.25) is 0 Å². The molecule has 12 heavy (non-hydrogen) atoms. The van der Waals surface area contributed by atoms with Crippen molar-refractivity contribution in [2.75, 3.05) is 20.2 Å². The Morgan fingerprint density at radius 3 is 2.25 bits per heavy atom. The molecule has 0 aliphatic carbocycles. The van der Waals surface area contributed by atoms with E-state index in [9.17, 15) is 4.79 Å². The summed E-state index contributed by atoms with van der Waals surface area (Å²) in [7, 11) is 1.39. The van der Waals surface area contributed by atoms with Crippen molar-refractivity contribution in [3.05, 3.63) is 11.8 Å². The fourth-order valence-corrected chi connectivity index (χ4v) is 0.894. The summed E-state index contributed by atoms with van der Waals surface area (Å²) < 4.78 is 4.57. The summed E-state index contributed by atoms with van der Waals surface area (Å²) in [5.74, 6) is -0.262. The second-order valence-corrected chi connectivity index (χ2v) is 2.52. The number of esters is 1. The number of methoxy groups -OCH3 is 1. The Hall–Kier alpha value is -0.990. The third-order valence-electron chi connectivity index (χ3n) is 1.70. The van der Waals surface area contributed by atoms with Gasteiger partial charge in [0.05, 0.1) is 7.11 Å². The van der Waals surface area contributed by atoms with Crippen LogP contribution >= 0.6 is 0 Å². The Labute approximate surface area is 74.0 Å². The Morgan fingerprint density at radius 1 is 1.42 bits per heavy atom. The lowest BCUT2D eigenvalue weighted by Crippen LogP contribution is -2.17. The highest BCUT2D eigenvalue weighted by atomic mass is 16.5. The van der Waals surface area contributed by atoms with Gasteiger partial charge in [0.25, 0.3) is 0 Å². The number of ether oxygens (including phenoxy) is 1. The van der Waals surface area contributed by atoms with Crippen molar-refractivity contribution in [2.45, 2.75) is 20.8 Å². The highest BCUT2D eigenvalue weighted by Crippen LogP contribution is 1.98. The van der Waals surface area contributed by atoms with Crippen LogP contribution in [0.25, 0.3) is 0 Å². The topological polar surface area (TPSA) is 29.5 Å². The molecular formula is C9H17NO2. The molecule has 0 aromatic heterocycles. The first-order valence-electron chi connectivity index (χ1n) is 4.16. The first kappa shape index (κ1) is 11.0. The van der Waals surface area contributed by atoms with E-state index in [1.807, 2.05) is 24.9 Å². The molecule has 0 aliphatic heterocycles. The highest BCUT2D eigenvalue weighted by Gasteiger charge is 2.03. The maximum atomic E-state index is 11.0. The Bertz CT molecular complexity index is 171. The zero-order valence-electron chi connectivity index (χ0n) is 8.26. The zero-order valence-corrected chi connectivity index (χ0v) is 8.26. The van der Waals surface area contributed by atoms with Crippen LogP contribution in [0.5, 0.6) is 0 Å². The second kappa shape index (κ2) is 5.63. The minimum Gasteiger partial charge on any atom is -0.466 e. The van der Waals surface area contributed by atoms with Crippen molar-refractivity contribution in [2.24, 2.45) is 0 Å². The molecule has 0 rings (SSSR count). The van der Waals surface area contributed by atoms with Crippen molar-refractivity contribution in [1.82, 2.24) is 4.90 Å². The van der Waals surface area contributed by atoms with Gasteiger partial charge in [-0.1, -0.05) is 0 Å². The number of hydrogen-bond donors (Lipinski definition) is 0. The highest BCUT2D eigenvalue weighted by molar-refractivity contribution is 5.87. The van der Waals surface area contributed by atoms with Crippen LogP contribution in [-0.2, 0) is 9.53 Å². The molecule has 70 valence electrons. The van der Waals surface area contributed by atoms with Crippen LogP contribution < -0.4 is 0 Å².